The zero-order valence-electron chi connectivity index (χ0n) is 10.5. The molecule has 0 saturated heterocycles. The van der Waals surface area contributed by atoms with Crippen LogP contribution in [0.4, 0.5) is 5.69 Å². The molecule has 2 aromatic carbocycles. The molecule has 0 saturated carbocycles. The lowest BCUT2D eigenvalue weighted by atomic mass is 10.00. The second-order valence-electron chi connectivity index (χ2n) is 4.20. The Morgan fingerprint density at radius 1 is 1.16 bits per heavy atom. The number of hydrogen-bond donors (Lipinski definition) is 0. The molecule has 4 nitrogen and oxygen atoms in total. The van der Waals surface area contributed by atoms with Crippen LogP contribution in [0.2, 0.25) is 0 Å². The van der Waals surface area contributed by atoms with Gasteiger partial charge in [-0.15, -0.1) is 0 Å². The van der Waals surface area contributed by atoms with Crippen molar-refractivity contribution >= 4 is 12.0 Å². The first-order valence-corrected chi connectivity index (χ1v) is 5.98. The number of carbonyl (C=O) groups excluding carboxylic acids is 1. The van der Waals surface area contributed by atoms with E-state index in [4.69, 9.17) is 0 Å². The van der Waals surface area contributed by atoms with Crippen LogP contribution < -0.4 is 0 Å². The molecule has 0 aromatic heterocycles. The molecule has 2 aromatic rings. The normalized spacial score (nSPS) is 10.2. The van der Waals surface area contributed by atoms with Crippen molar-refractivity contribution in [2.24, 2.45) is 0 Å². The van der Waals surface area contributed by atoms with Gasteiger partial charge in [0.2, 0.25) is 0 Å². The van der Waals surface area contributed by atoms with Gasteiger partial charge in [0.15, 0.2) is 6.29 Å². The molecular formula is C15H13NO3. The maximum absolute atomic E-state index is 10.9. The topological polar surface area (TPSA) is 60.2 Å². The van der Waals surface area contributed by atoms with Crippen molar-refractivity contribution in [2.75, 3.05) is 0 Å². The van der Waals surface area contributed by atoms with Gasteiger partial charge in [-0.2, -0.15) is 0 Å². The smallest absolute Gasteiger partial charge is 0.280 e. The third kappa shape index (κ3) is 2.68. The van der Waals surface area contributed by atoms with Crippen LogP contribution in [-0.2, 0) is 6.42 Å². The molecule has 0 aliphatic heterocycles. The van der Waals surface area contributed by atoms with Crippen LogP contribution in [-0.4, -0.2) is 11.2 Å². The number of carbonyl (C=O) groups is 1. The van der Waals surface area contributed by atoms with E-state index in [0.29, 0.717) is 6.29 Å². The monoisotopic (exact) mass is 255 g/mol. The maximum atomic E-state index is 10.9. The molecule has 0 aliphatic carbocycles. The summed E-state index contributed by atoms with van der Waals surface area (Å²) in [6, 6.07) is 12.5. The van der Waals surface area contributed by atoms with Gasteiger partial charge in [0.1, 0.15) is 0 Å². The molecule has 0 aliphatic rings. The molecule has 0 radical (unpaired) electrons. The minimum absolute atomic E-state index is 0.0976. The van der Waals surface area contributed by atoms with E-state index in [1.165, 1.54) is 17.7 Å². The number of nitro benzene ring substituents is 1. The molecule has 96 valence electrons. The highest BCUT2D eigenvalue weighted by molar-refractivity contribution is 5.84. The zero-order valence-corrected chi connectivity index (χ0v) is 10.5. The summed E-state index contributed by atoms with van der Waals surface area (Å²) in [5.41, 5.74) is 2.77. The predicted molar refractivity (Wildman–Crippen MR) is 73.3 cm³/mol. The Hall–Kier alpha value is -2.49. The van der Waals surface area contributed by atoms with Gasteiger partial charge in [-0.05, 0) is 29.2 Å². The van der Waals surface area contributed by atoms with Gasteiger partial charge in [-0.25, -0.2) is 0 Å². The van der Waals surface area contributed by atoms with Crippen molar-refractivity contribution in [3.8, 4) is 11.1 Å². The van der Waals surface area contributed by atoms with Crippen molar-refractivity contribution in [3.63, 3.8) is 0 Å². The molecule has 0 N–H and O–H groups in total. The number of nitrogens with zero attached hydrogens (tertiary/aromatic N) is 1. The van der Waals surface area contributed by atoms with E-state index < -0.39 is 4.92 Å². The third-order valence-corrected chi connectivity index (χ3v) is 3.02. The number of nitro groups is 1. The highest BCUT2D eigenvalue weighted by atomic mass is 16.6. The van der Waals surface area contributed by atoms with E-state index in [1.54, 1.807) is 6.07 Å². The van der Waals surface area contributed by atoms with Crippen LogP contribution in [0.3, 0.4) is 0 Å². The quantitative estimate of drug-likeness (QED) is 0.476. The molecule has 0 fully saturated rings. The summed E-state index contributed by atoms with van der Waals surface area (Å²) in [4.78, 5) is 21.2. The maximum Gasteiger partial charge on any atom is 0.280 e. The molecule has 2 rings (SSSR count). The summed E-state index contributed by atoms with van der Waals surface area (Å²) in [6.07, 6.45) is 1.41. The lowest BCUT2D eigenvalue weighted by Gasteiger charge is -2.05. The van der Waals surface area contributed by atoms with E-state index in [0.717, 1.165) is 17.5 Å². The van der Waals surface area contributed by atoms with Gasteiger partial charge in [0, 0.05) is 6.07 Å². The SMILES string of the molecule is CCc1cccc(-c2ccc(C=O)c([N+](=O)[O-])c2)c1. The standard InChI is InChI=1S/C15H13NO3/c1-2-11-4-3-5-12(8-11)13-6-7-14(10-17)15(9-13)16(18)19/h3-10H,2H2,1H3. The molecule has 0 amide bonds. The Morgan fingerprint density at radius 2 is 1.89 bits per heavy atom. The molecule has 0 atom stereocenters. The molecule has 0 heterocycles. The average molecular weight is 255 g/mol. The van der Waals surface area contributed by atoms with Gasteiger partial charge < -0.3 is 0 Å². The van der Waals surface area contributed by atoms with E-state index in [9.17, 15) is 14.9 Å². The fraction of sp³-hybridized carbons (Fsp3) is 0.133. The fourth-order valence-electron chi connectivity index (χ4n) is 1.95. The van der Waals surface area contributed by atoms with Crippen LogP contribution in [0.5, 0.6) is 0 Å². The van der Waals surface area contributed by atoms with Crippen LogP contribution >= 0.6 is 0 Å². The highest BCUT2D eigenvalue weighted by Gasteiger charge is 2.14. The van der Waals surface area contributed by atoms with Crippen LogP contribution in [0, 0.1) is 10.1 Å². The Balaban J connectivity index is 2.53. The minimum atomic E-state index is -0.531. The fourth-order valence-corrected chi connectivity index (χ4v) is 1.95. The Morgan fingerprint density at radius 3 is 2.53 bits per heavy atom. The molecule has 4 heteroatoms. The van der Waals surface area contributed by atoms with Crippen molar-refractivity contribution in [1.29, 1.82) is 0 Å². The summed E-state index contributed by atoms with van der Waals surface area (Å²) in [7, 11) is 0. The van der Waals surface area contributed by atoms with Crippen LogP contribution in [0.25, 0.3) is 11.1 Å². The number of aldehydes is 1. The Labute approximate surface area is 110 Å². The van der Waals surface area contributed by atoms with Gasteiger partial charge in [0.05, 0.1) is 10.5 Å². The zero-order chi connectivity index (χ0) is 13.8. The summed E-state index contributed by atoms with van der Waals surface area (Å²) in [5.74, 6) is 0. The molecule has 0 spiro atoms. The Kier molecular flexibility index (Phi) is 3.71. The first-order chi connectivity index (χ1) is 9.15. The summed E-state index contributed by atoms with van der Waals surface area (Å²) in [5, 5.41) is 10.9. The average Bonchev–Trinajstić information content (AvgIpc) is 2.46. The van der Waals surface area contributed by atoms with Crippen molar-refractivity contribution in [3.05, 3.63) is 63.7 Å². The molecule has 19 heavy (non-hydrogen) atoms. The summed E-state index contributed by atoms with van der Waals surface area (Å²) in [6.45, 7) is 2.05. The third-order valence-electron chi connectivity index (χ3n) is 3.02. The van der Waals surface area contributed by atoms with Crippen molar-refractivity contribution in [1.82, 2.24) is 0 Å². The van der Waals surface area contributed by atoms with Crippen LogP contribution in [0.1, 0.15) is 22.8 Å². The Bertz CT molecular complexity index is 635. The van der Waals surface area contributed by atoms with Gasteiger partial charge in [-0.3, -0.25) is 14.9 Å². The lowest BCUT2D eigenvalue weighted by molar-refractivity contribution is -0.385. The highest BCUT2D eigenvalue weighted by Crippen LogP contribution is 2.27. The van der Waals surface area contributed by atoms with E-state index in [-0.39, 0.29) is 11.3 Å². The minimum Gasteiger partial charge on any atom is -0.298 e. The number of aryl methyl sites for hydroxylation is 1. The van der Waals surface area contributed by atoms with Gasteiger partial charge >= 0.3 is 0 Å². The summed E-state index contributed by atoms with van der Waals surface area (Å²) >= 11 is 0. The van der Waals surface area contributed by atoms with Crippen molar-refractivity contribution < 1.29 is 9.72 Å². The van der Waals surface area contributed by atoms with E-state index in [1.807, 2.05) is 24.3 Å². The first-order valence-electron chi connectivity index (χ1n) is 5.98. The van der Waals surface area contributed by atoms with Crippen molar-refractivity contribution in [2.45, 2.75) is 13.3 Å². The number of benzene rings is 2. The lowest BCUT2D eigenvalue weighted by Crippen LogP contribution is -1.95. The van der Waals surface area contributed by atoms with E-state index >= 15 is 0 Å². The molecule has 0 unspecified atom stereocenters. The van der Waals surface area contributed by atoms with Gasteiger partial charge in [0.25, 0.3) is 5.69 Å². The second-order valence-corrected chi connectivity index (χ2v) is 4.20. The second kappa shape index (κ2) is 5.44. The number of hydrogen-bond acceptors (Lipinski definition) is 3. The molecular weight excluding hydrogens is 242 g/mol. The first kappa shape index (κ1) is 13.0. The van der Waals surface area contributed by atoms with E-state index in [2.05, 4.69) is 6.92 Å². The summed E-state index contributed by atoms with van der Waals surface area (Å²) < 4.78 is 0. The number of rotatable bonds is 4. The molecule has 0 bridgehead atoms. The largest absolute Gasteiger partial charge is 0.298 e. The van der Waals surface area contributed by atoms with Gasteiger partial charge in [-0.1, -0.05) is 37.3 Å². The predicted octanol–water partition coefficient (Wildman–Crippen LogP) is 3.64. The van der Waals surface area contributed by atoms with Crippen LogP contribution in [0.15, 0.2) is 42.5 Å².